The molecule has 1 saturated carbocycles. The molecule has 0 aromatic heterocycles. The number of phenols is 1. The molecule has 0 aliphatic heterocycles. The average molecular weight is 298 g/mol. The highest BCUT2D eigenvalue weighted by atomic mass is 32.2. The molecule has 2 rings (SSSR count). The molecule has 1 aromatic carbocycles. The SMILES string of the molecule is CC1CCC(NS(=O)(=O)c2ccc(O)c(N)c2)C(C)C1. The van der Waals surface area contributed by atoms with Crippen LogP contribution in [-0.2, 0) is 10.0 Å². The van der Waals surface area contributed by atoms with Crippen LogP contribution in [0, 0.1) is 11.8 Å². The van der Waals surface area contributed by atoms with Crippen LogP contribution in [0.3, 0.4) is 0 Å². The van der Waals surface area contributed by atoms with Crippen molar-refractivity contribution in [1.29, 1.82) is 0 Å². The maximum Gasteiger partial charge on any atom is 0.240 e. The van der Waals surface area contributed by atoms with Crippen molar-refractivity contribution < 1.29 is 13.5 Å². The molecular formula is C14H22N2O3S. The summed E-state index contributed by atoms with van der Waals surface area (Å²) < 4.78 is 27.4. The summed E-state index contributed by atoms with van der Waals surface area (Å²) in [6, 6.07) is 3.92. The number of sulfonamides is 1. The third-order valence-electron chi connectivity index (χ3n) is 4.05. The van der Waals surface area contributed by atoms with Gasteiger partial charge in [0.15, 0.2) is 0 Å². The summed E-state index contributed by atoms with van der Waals surface area (Å²) in [5.74, 6) is 0.863. The van der Waals surface area contributed by atoms with E-state index in [4.69, 9.17) is 5.73 Å². The van der Waals surface area contributed by atoms with Gasteiger partial charge in [0.1, 0.15) is 5.75 Å². The van der Waals surface area contributed by atoms with Crippen LogP contribution in [0.5, 0.6) is 5.75 Å². The minimum Gasteiger partial charge on any atom is -0.506 e. The van der Waals surface area contributed by atoms with Crippen molar-refractivity contribution in [3.63, 3.8) is 0 Å². The number of nitrogen functional groups attached to an aromatic ring is 1. The van der Waals surface area contributed by atoms with Gasteiger partial charge in [0, 0.05) is 6.04 Å². The van der Waals surface area contributed by atoms with Gasteiger partial charge in [-0.15, -0.1) is 0 Å². The normalized spacial score (nSPS) is 27.4. The lowest BCUT2D eigenvalue weighted by molar-refractivity contribution is 0.249. The maximum atomic E-state index is 12.3. The summed E-state index contributed by atoms with van der Waals surface area (Å²) >= 11 is 0. The van der Waals surface area contributed by atoms with Gasteiger partial charge in [-0.25, -0.2) is 13.1 Å². The second kappa shape index (κ2) is 5.61. The maximum absolute atomic E-state index is 12.3. The Balaban J connectivity index is 2.16. The average Bonchev–Trinajstić information content (AvgIpc) is 2.36. The van der Waals surface area contributed by atoms with Crippen LogP contribution in [-0.4, -0.2) is 19.6 Å². The molecule has 1 fully saturated rings. The van der Waals surface area contributed by atoms with Crippen molar-refractivity contribution in [2.75, 3.05) is 5.73 Å². The van der Waals surface area contributed by atoms with E-state index in [0.717, 1.165) is 19.3 Å². The van der Waals surface area contributed by atoms with E-state index in [2.05, 4.69) is 18.6 Å². The highest BCUT2D eigenvalue weighted by Crippen LogP contribution is 2.30. The van der Waals surface area contributed by atoms with Gasteiger partial charge in [-0.3, -0.25) is 0 Å². The second-order valence-electron chi connectivity index (χ2n) is 5.84. The summed E-state index contributed by atoms with van der Waals surface area (Å²) in [6.45, 7) is 4.27. The first kappa shape index (κ1) is 15.1. The van der Waals surface area contributed by atoms with Crippen LogP contribution >= 0.6 is 0 Å². The van der Waals surface area contributed by atoms with Crippen molar-refractivity contribution >= 4 is 15.7 Å². The molecule has 0 heterocycles. The third kappa shape index (κ3) is 3.24. The molecule has 0 amide bonds. The van der Waals surface area contributed by atoms with E-state index >= 15 is 0 Å². The molecule has 5 nitrogen and oxygen atoms in total. The zero-order valence-corrected chi connectivity index (χ0v) is 12.7. The fraction of sp³-hybridized carbons (Fsp3) is 0.571. The van der Waals surface area contributed by atoms with Crippen molar-refractivity contribution in [2.24, 2.45) is 11.8 Å². The number of rotatable bonds is 3. The number of hydrogen-bond acceptors (Lipinski definition) is 4. The number of nitrogens with one attached hydrogen (secondary N) is 1. The second-order valence-corrected chi connectivity index (χ2v) is 7.56. The zero-order chi connectivity index (χ0) is 14.9. The van der Waals surface area contributed by atoms with Crippen molar-refractivity contribution in [3.8, 4) is 5.75 Å². The van der Waals surface area contributed by atoms with Gasteiger partial charge in [-0.2, -0.15) is 0 Å². The van der Waals surface area contributed by atoms with Gasteiger partial charge in [-0.05, 0) is 49.3 Å². The summed E-state index contributed by atoms with van der Waals surface area (Å²) in [6.07, 6.45) is 2.93. The van der Waals surface area contributed by atoms with E-state index in [0.29, 0.717) is 11.8 Å². The number of nitrogens with two attached hydrogens (primary N) is 1. The highest BCUT2D eigenvalue weighted by molar-refractivity contribution is 7.89. The summed E-state index contributed by atoms with van der Waals surface area (Å²) in [5, 5.41) is 9.36. The Morgan fingerprint density at radius 1 is 1.30 bits per heavy atom. The van der Waals surface area contributed by atoms with Gasteiger partial charge >= 0.3 is 0 Å². The van der Waals surface area contributed by atoms with E-state index in [9.17, 15) is 13.5 Å². The van der Waals surface area contributed by atoms with E-state index < -0.39 is 10.0 Å². The first-order valence-corrected chi connectivity index (χ1v) is 8.38. The summed E-state index contributed by atoms with van der Waals surface area (Å²) in [5.41, 5.74) is 5.62. The van der Waals surface area contributed by atoms with Crippen LogP contribution in [0.4, 0.5) is 5.69 Å². The van der Waals surface area contributed by atoms with Gasteiger partial charge in [0.2, 0.25) is 10.0 Å². The van der Waals surface area contributed by atoms with Gasteiger partial charge in [0.25, 0.3) is 0 Å². The van der Waals surface area contributed by atoms with Crippen molar-refractivity contribution in [2.45, 2.75) is 44.0 Å². The van der Waals surface area contributed by atoms with Crippen LogP contribution in [0.2, 0.25) is 0 Å². The monoisotopic (exact) mass is 298 g/mol. The predicted octanol–water partition coefficient (Wildman–Crippen LogP) is 2.08. The number of phenolic OH excluding ortho intramolecular Hbond substituents is 1. The largest absolute Gasteiger partial charge is 0.506 e. The molecule has 3 atom stereocenters. The van der Waals surface area contributed by atoms with E-state index in [1.54, 1.807) is 0 Å². The molecule has 112 valence electrons. The molecule has 1 aliphatic carbocycles. The first-order chi connectivity index (χ1) is 9.29. The van der Waals surface area contributed by atoms with Crippen LogP contribution in [0.15, 0.2) is 23.1 Å². The molecule has 20 heavy (non-hydrogen) atoms. The highest BCUT2D eigenvalue weighted by Gasteiger charge is 2.29. The standard InChI is InChI=1S/C14H22N2O3S/c1-9-3-5-13(10(2)7-9)16-20(18,19)11-4-6-14(17)12(15)8-11/h4,6,8-10,13,16-17H,3,5,7,15H2,1-2H3. The number of benzene rings is 1. The minimum absolute atomic E-state index is 0.0359. The summed E-state index contributed by atoms with van der Waals surface area (Å²) in [4.78, 5) is 0.0959. The quantitative estimate of drug-likeness (QED) is 0.588. The lowest BCUT2D eigenvalue weighted by atomic mass is 9.80. The fourth-order valence-corrected chi connectivity index (χ4v) is 4.22. The molecular weight excluding hydrogens is 276 g/mol. The van der Waals surface area contributed by atoms with E-state index in [1.165, 1.54) is 18.2 Å². The topological polar surface area (TPSA) is 92.4 Å². The molecule has 0 spiro atoms. The Hall–Kier alpha value is -1.27. The lowest BCUT2D eigenvalue weighted by Crippen LogP contribution is -2.42. The number of hydrogen-bond donors (Lipinski definition) is 3. The Bertz CT molecular complexity index is 586. The molecule has 1 aromatic rings. The lowest BCUT2D eigenvalue weighted by Gasteiger charge is -2.32. The molecule has 3 unspecified atom stereocenters. The Morgan fingerprint density at radius 3 is 2.60 bits per heavy atom. The summed E-state index contributed by atoms with van der Waals surface area (Å²) in [7, 11) is -3.59. The van der Waals surface area contributed by atoms with Gasteiger partial charge < -0.3 is 10.8 Å². The van der Waals surface area contributed by atoms with Crippen molar-refractivity contribution in [3.05, 3.63) is 18.2 Å². The van der Waals surface area contributed by atoms with Crippen molar-refractivity contribution in [1.82, 2.24) is 4.72 Å². The molecule has 6 heteroatoms. The molecule has 0 bridgehead atoms. The van der Waals surface area contributed by atoms with Gasteiger partial charge in [0.05, 0.1) is 10.6 Å². The van der Waals surface area contributed by atoms with E-state index in [-0.39, 0.29) is 22.4 Å². The van der Waals surface area contributed by atoms with Crippen LogP contribution in [0.25, 0.3) is 0 Å². The smallest absolute Gasteiger partial charge is 0.240 e. The first-order valence-electron chi connectivity index (χ1n) is 6.90. The fourth-order valence-electron chi connectivity index (χ4n) is 2.81. The molecule has 1 aliphatic rings. The predicted molar refractivity (Wildman–Crippen MR) is 78.8 cm³/mol. The van der Waals surface area contributed by atoms with Gasteiger partial charge in [-0.1, -0.05) is 13.8 Å². The third-order valence-corrected chi connectivity index (χ3v) is 5.53. The molecule has 0 saturated heterocycles. The minimum atomic E-state index is -3.59. The number of aromatic hydroxyl groups is 1. The van der Waals surface area contributed by atoms with Crippen LogP contribution in [0.1, 0.15) is 33.1 Å². The van der Waals surface area contributed by atoms with E-state index in [1.807, 2.05) is 0 Å². The Labute approximate surface area is 120 Å². The Kier molecular flexibility index (Phi) is 4.25. The Morgan fingerprint density at radius 2 is 2.00 bits per heavy atom. The van der Waals surface area contributed by atoms with Crippen LogP contribution < -0.4 is 10.5 Å². The molecule has 0 radical (unpaired) electrons. The molecule has 4 N–H and O–H groups in total. The number of anilines is 1. The zero-order valence-electron chi connectivity index (χ0n) is 11.8.